The minimum atomic E-state index is -0.466. The molecule has 10 heavy (non-hydrogen) atoms. The Kier molecular flexibility index (Phi) is 3.02. The van der Waals surface area contributed by atoms with Gasteiger partial charge in [0.2, 0.25) is 0 Å². The number of terminal acetylenes is 1. The van der Waals surface area contributed by atoms with E-state index in [1.165, 1.54) is 0 Å². The summed E-state index contributed by atoms with van der Waals surface area (Å²) in [4.78, 5) is 0. The van der Waals surface area contributed by atoms with Crippen LogP contribution >= 0.6 is 0 Å². The molecule has 0 rings (SSSR count). The molecular weight excluding hydrogens is 124 g/mol. The van der Waals surface area contributed by atoms with Crippen molar-refractivity contribution in [2.24, 2.45) is 0 Å². The van der Waals surface area contributed by atoms with Crippen LogP contribution < -0.4 is 0 Å². The Labute approximate surface area is 63.1 Å². The predicted molar refractivity (Wildman–Crippen MR) is 43.4 cm³/mol. The first-order valence-electron chi connectivity index (χ1n) is 3.36. The maximum Gasteiger partial charge on any atom is 0.165 e. The van der Waals surface area contributed by atoms with Gasteiger partial charge in [-0.15, -0.1) is 6.42 Å². The van der Waals surface area contributed by atoms with Crippen molar-refractivity contribution in [2.75, 3.05) is 0 Å². The number of allylic oxidation sites excluding steroid dienone is 1. The number of ether oxygens (including phenoxy) is 1. The summed E-state index contributed by atoms with van der Waals surface area (Å²) in [5.41, 5.74) is -0.466. The van der Waals surface area contributed by atoms with Crippen molar-refractivity contribution >= 4 is 0 Å². The Morgan fingerprint density at radius 1 is 1.80 bits per heavy atom. The molecule has 0 aromatic rings. The lowest BCUT2D eigenvalue weighted by Gasteiger charge is -2.23. The average molecular weight is 138 g/mol. The number of hydrogen-bond donors (Lipinski definition) is 0. The Hall–Kier alpha value is -0.900. The Bertz CT molecular complexity index is 164. The second-order valence-corrected chi connectivity index (χ2v) is 2.53. The second-order valence-electron chi connectivity index (χ2n) is 2.53. The fourth-order valence-electron chi connectivity index (χ4n) is 0.588. The Morgan fingerprint density at radius 2 is 2.30 bits per heavy atom. The largest absolute Gasteiger partial charge is 0.480 e. The molecule has 0 saturated heterocycles. The van der Waals surface area contributed by atoms with Crippen LogP contribution in [0, 0.1) is 12.3 Å². The molecule has 0 radical (unpaired) electrons. The van der Waals surface area contributed by atoms with E-state index in [2.05, 4.69) is 12.5 Å². The highest BCUT2D eigenvalue weighted by atomic mass is 16.5. The molecule has 0 aliphatic carbocycles. The van der Waals surface area contributed by atoms with Crippen molar-refractivity contribution < 1.29 is 4.74 Å². The minimum Gasteiger partial charge on any atom is -0.480 e. The first-order chi connectivity index (χ1) is 4.54. The molecule has 0 aromatic heterocycles. The van der Waals surface area contributed by atoms with Gasteiger partial charge in [0.15, 0.2) is 5.60 Å². The molecule has 0 aliphatic heterocycles. The van der Waals surface area contributed by atoms with E-state index in [1.807, 2.05) is 13.8 Å². The van der Waals surface area contributed by atoms with Crippen LogP contribution in [0.1, 0.15) is 27.2 Å². The van der Waals surface area contributed by atoms with Crippen molar-refractivity contribution in [1.82, 2.24) is 0 Å². The molecule has 1 heteroatoms. The summed E-state index contributed by atoms with van der Waals surface area (Å²) >= 11 is 0. The molecule has 1 unspecified atom stereocenters. The summed E-state index contributed by atoms with van der Waals surface area (Å²) < 4.78 is 5.31. The molecule has 0 heterocycles. The van der Waals surface area contributed by atoms with Gasteiger partial charge in [0.25, 0.3) is 0 Å². The molecular formula is C9H14O. The van der Waals surface area contributed by atoms with Crippen molar-refractivity contribution in [3.05, 3.63) is 12.3 Å². The van der Waals surface area contributed by atoms with Crippen molar-refractivity contribution in [3.63, 3.8) is 0 Å². The topological polar surface area (TPSA) is 9.23 Å². The highest BCUT2D eigenvalue weighted by Crippen LogP contribution is 2.16. The third-order valence-electron chi connectivity index (χ3n) is 1.38. The predicted octanol–water partition coefficient (Wildman–Crippen LogP) is 2.34. The van der Waals surface area contributed by atoms with Crippen molar-refractivity contribution in [1.29, 1.82) is 0 Å². The molecule has 0 aliphatic rings. The fraction of sp³-hybridized carbons (Fsp3) is 0.556. The zero-order chi connectivity index (χ0) is 8.20. The molecule has 0 saturated carbocycles. The quantitative estimate of drug-likeness (QED) is 0.429. The maximum atomic E-state index is 5.31. The molecule has 0 aromatic carbocycles. The summed E-state index contributed by atoms with van der Waals surface area (Å²) in [6.07, 6.45) is 6.05. The molecule has 0 fully saturated rings. The number of hydrogen-bond acceptors (Lipinski definition) is 1. The molecule has 1 nitrogen and oxygen atoms in total. The van der Waals surface area contributed by atoms with E-state index in [9.17, 15) is 0 Å². The highest BCUT2D eigenvalue weighted by Gasteiger charge is 2.19. The zero-order valence-electron chi connectivity index (χ0n) is 6.90. The van der Waals surface area contributed by atoms with Crippen molar-refractivity contribution in [3.8, 4) is 12.3 Å². The lowest BCUT2D eigenvalue weighted by molar-refractivity contribution is 0.0692. The van der Waals surface area contributed by atoms with Crippen LogP contribution in [0.5, 0.6) is 0 Å². The normalized spacial score (nSPS) is 15.0. The SMILES string of the molecule is C#CC(C)(CC)OC(=C)C. The summed E-state index contributed by atoms with van der Waals surface area (Å²) in [5.74, 6) is 3.25. The van der Waals surface area contributed by atoms with E-state index in [0.717, 1.165) is 6.42 Å². The third-order valence-corrected chi connectivity index (χ3v) is 1.38. The van der Waals surface area contributed by atoms with Gasteiger partial charge in [-0.3, -0.25) is 0 Å². The average Bonchev–Trinajstić information content (AvgIpc) is 1.87. The van der Waals surface area contributed by atoms with Gasteiger partial charge < -0.3 is 4.74 Å². The van der Waals surface area contributed by atoms with E-state index >= 15 is 0 Å². The van der Waals surface area contributed by atoms with Gasteiger partial charge in [0.05, 0.1) is 5.76 Å². The monoisotopic (exact) mass is 138 g/mol. The zero-order valence-corrected chi connectivity index (χ0v) is 6.90. The lowest BCUT2D eigenvalue weighted by atomic mass is 10.1. The van der Waals surface area contributed by atoms with Gasteiger partial charge in [-0.05, 0) is 20.3 Å². The van der Waals surface area contributed by atoms with Gasteiger partial charge in [0.1, 0.15) is 0 Å². The smallest absolute Gasteiger partial charge is 0.165 e. The first kappa shape index (κ1) is 9.10. The second kappa shape index (κ2) is 3.31. The highest BCUT2D eigenvalue weighted by molar-refractivity contribution is 5.07. The van der Waals surface area contributed by atoms with E-state index in [1.54, 1.807) is 6.92 Å². The molecule has 0 amide bonds. The van der Waals surface area contributed by atoms with E-state index in [0.29, 0.717) is 5.76 Å². The van der Waals surface area contributed by atoms with E-state index in [-0.39, 0.29) is 0 Å². The van der Waals surface area contributed by atoms with E-state index in [4.69, 9.17) is 11.2 Å². The van der Waals surface area contributed by atoms with Crippen LogP contribution in [0.2, 0.25) is 0 Å². The summed E-state index contributed by atoms with van der Waals surface area (Å²) in [5, 5.41) is 0. The standard InChI is InChI=1S/C9H14O/c1-6-9(5,7-2)10-8(3)4/h1H,3,7H2,2,4-5H3. The van der Waals surface area contributed by atoms with Crippen LogP contribution in [0.15, 0.2) is 12.3 Å². The third kappa shape index (κ3) is 2.59. The lowest BCUT2D eigenvalue weighted by Crippen LogP contribution is -2.24. The van der Waals surface area contributed by atoms with Crippen LogP contribution in [0.4, 0.5) is 0 Å². The van der Waals surface area contributed by atoms with Crippen LogP contribution in [0.3, 0.4) is 0 Å². The molecule has 0 spiro atoms. The molecule has 0 N–H and O–H groups in total. The van der Waals surface area contributed by atoms with Crippen molar-refractivity contribution in [2.45, 2.75) is 32.8 Å². The van der Waals surface area contributed by atoms with Gasteiger partial charge >= 0.3 is 0 Å². The number of rotatable bonds is 3. The summed E-state index contributed by atoms with van der Waals surface area (Å²) in [6, 6.07) is 0. The Morgan fingerprint density at radius 3 is 2.40 bits per heavy atom. The van der Waals surface area contributed by atoms with Crippen LogP contribution in [-0.4, -0.2) is 5.60 Å². The van der Waals surface area contributed by atoms with Gasteiger partial charge in [-0.1, -0.05) is 19.4 Å². The maximum absolute atomic E-state index is 5.31. The van der Waals surface area contributed by atoms with Gasteiger partial charge in [-0.25, -0.2) is 0 Å². The summed E-state index contributed by atoms with van der Waals surface area (Å²) in [6.45, 7) is 9.28. The molecule has 1 atom stereocenters. The Balaban J connectivity index is 4.10. The fourth-order valence-corrected chi connectivity index (χ4v) is 0.588. The minimum absolute atomic E-state index is 0.466. The molecule has 56 valence electrons. The van der Waals surface area contributed by atoms with Crippen LogP contribution in [0.25, 0.3) is 0 Å². The summed E-state index contributed by atoms with van der Waals surface area (Å²) in [7, 11) is 0. The van der Waals surface area contributed by atoms with Gasteiger partial charge in [-0.2, -0.15) is 0 Å². The molecule has 0 bridgehead atoms. The van der Waals surface area contributed by atoms with Crippen LogP contribution in [-0.2, 0) is 4.74 Å². The first-order valence-corrected chi connectivity index (χ1v) is 3.36. The van der Waals surface area contributed by atoms with Gasteiger partial charge in [0, 0.05) is 0 Å². The van der Waals surface area contributed by atoms with E-state index < -0.39 is 5.60 Å².